The lowest BCUT2D eigenvalue weighted by Crippen LogP contribution is -2.39. The summed E-state index contributed by atoms with van der Waals surface area (Å²) in [5, 5.41) is 8.22. The predicted octanol–water partition coefficient (Wildman–Crippen LogP) is 9.54. The van der Waals surface area contributed by atoms with E-state index in [1.807, 2.05) is 60.4 Å². The first-order valence-electron chi connectivity index (χ1n) is 21.7. The fourth-order valence-corrected chi connectivity index (χ4v) is 8.52. The van der Waals surface area contributed by atoms with E-state index < -0.39 is 12.1 Å². The molecule has 0 aliphatic carbocycles. The number of carboxylic acids is 1. The summed E-state index contributed by atoms with van der Waals surface area (Å²) in [6.07, 6.45) is 5.35. The monoisotopic (exact) mass is 954 g/mol. The van der Waals surface area contributed by atoms with E-state index in [4.69, 9.17) is 28.8 Å². The SMILES string of the molecule is Cc1ccc2cc(OCCC3CCN(C(=O)OCc4cncs4)CC3)ccc2n1.O=C(O)C(F)(F)F.O=C(OCc1cncs1)N1CCC(CCOc2ccc(N3CCCC3=O)cc2)CC1. The van der Waals surface area contributed by atoms with E-state index in [-0.39, 0.29) is 18.1 Å². The van der Waals surface area contributed by atoms with Crippen molar-refractivity contribution in [2.24, 2.45) is 11.8 Å². The lowest BCUT2D eigenvalue weighted by atomic mass is 9.94. The molecule has 6 heterocycles. The number of carbonyl (C=O) groups excluding carboxylic acids is 3. The highest BCUT2D eigenvalue weighted by Gasteiger charge is 2.38. The van der Waals surface area contributed by atoms with Crippen LogP contribution in [0.2, 0.25) is 0 Å². The molecule has 0 spiro atoms. The average Bonchev–Trinajstić information content (AvgIpc) is 4.13. The molecule has 2 aromatic carbocycles. The first kappa shape index (κ1) is 49.4. The summed E-state index contributed by atoms with van der Waals surface area (Å²) in [5.41, 5.74) is 6.43. The number of aliphatic carboxylic acids is 1. The van der Waals surface area contributed by atoms with E-state index in [2.05, 4.69) is 21.0 Å². The summed E-state index contributed by atoms with van der Waals surface area (Å²) in [6, 6.07) is 17.9. The number of piperidine rings is 2. The van der Waals surface area contributed by atoms with Crippen LogP contribution in [0.1, 0.15) is 66.8 Å². The van der Waals surface area contributed by atoms with Crippen LogP contribution in [0.25, 0.3) is 10.9 Å². The Kier molecular flexibility index (Phi) is 18.3. The smallest absolute Gasteiger partial charge is 0.490 e. The number of fused-ring (bicyclic) bond motifs is 1. The van der Waals surface area contributed by atoms with Crippen molar-refractivity contribution in [1.82, 2.24) is 24.8 Å². The van der Waals surface area contributed by atoms with Gasteiger partial charge in [-0.1, -0.05) is 6.07 Å². The Morgan fingerprint density at radius 1 is 0.742 bits per heavy atom. The molecule has 3 aromatic heterocycles. The molecule has 354 valence electrons. The molecule has 66 heavy (non-hydrogen) atoms. The van der Waals surface area contributed by atoms with Gasteiger partial charge in [0.1, 0.15) is 24.7 Å². The fraction of sp³-hybridized carbons (Fsp3) is 0.457. The fourth-order valence-electron chi connectivity index (χ4n) is 7.51. The molecule has 15 nitrogen and oxygen atoms in total. The van der Waals surface area contributed by atoms with Crippen molar-refractivity contribution in [1.29, 1.82) is 0 Å². The number of benzene rings is 2. The van der Waals surface area contributed by atoms with Gasteiger partial charge in [-0.15, -0.1) is 22.7 Å². The molecule has 20 heteroatoms. The zero-order valence-corrected chi connectivity index (χ0v) is 38.2. The molecule has 0 unspecified atom stereocenters. The van der Waals surface area contributed by atoms with Gasteiger partial charge in [-0.3, -0.25) is 19.7 Å². The Labute approximate surface area is 388 Å². The number of nitrogens with zero attached hydrogens (tertiary/aromatic N) is 6. The Balaban J connectivity index is 0.000000191. The minimum atomic E-state index is -5.08. The van der Waals surface area contributed by atoms with Crippen LogP contribution in [0, 0.1) is 18.8 Å². The third-order valence-corrected chi connectivity index (χ3v) is 12.7. The zero-order valence-electron chi connectivity index (χ0n) is 36.5. The molecule has 3 saturated heterocycles. The van der Waals surface area contributed by atoms with Crippen LogP contribution >= 0.6 is 22.7 Å². The highest BCUT2D eigenvalue weighted by Crippen LogP contribution is 2.27. The van der Waals surface area contributed by atoms with Crippen molar-refractivity contribution in [2.45, 2.75) is 77.7 Å². The van der Waals surface area contributed by atoms with E-state index >= 15 is 0 Å². The Hall–Kier alpha value is -6.02. The quantitative estimate of drug-likeness (QED) is 0.119. The third-order valence-electron chi connectivity index (χ3n) is 11.2. The maximum Gasteiger partial charge on any atom is 0.490 e. The van der Waals surface area contributed by atoms with Crippen LogP contribution in [-0.4, -0.2) is 106 Å². The maximum absolute atomic E-state index is 12.2. The van der Waals surface area contributed by atoms with Crippen molar-refractivity contribution < 1.29 is 56.4 Å². The Morgan fingerprint density at radius 3 is 1.73 bits per heavy atom. The summed E-state index contributed by atoms with van der Waals surface area (Å²) >= 11 is 2.98. The molecule has 3 aliphatic heterocycles. The molecule has 0 bridgehead atoms. The molecule has 0 atom stereocenters. The van der Waals surface area contributed by atoms with Gasteiger partial charge in [0.15, 0.2) is 0 Å². The summed E-state index contributed by atoms with van der Waals surface area (Å²) in [7, 11) is 0. The van der Waals surface area contributed by atoms with Gasteiger partial charge in [-0.05, 0) is 112 Å². The topological polar surface area (TPSA) is 174 Å². The summed E-state index contributed by atoms with van der Waals surface area (Å²) in [6.45, 7) is 7.68. The van der Waals surface area contributed by atoms with Gasteiger partial charge in [-0.25, -0.2) is 14.4 Å². The van der Waals surface area contributed by atoms with Gasteiger partial charge in [0.25, 0.3) is 0 Å². The van der Waals surface area contributed by atoms with Crippen LogP contribution in [0.5, 0.6) is 11.5 Å². The molecule has 5 aromatic rings. The second-order valence-electron chi connectivity index (χ2n) is 15.9. The number of carbonyl (C=O) groups is 4. The number of hydrogen-bond donors (Lipinski definition) is 1. The lowest BCUT2D eigenvalue weighted by Gasteiger charge is -2.31. The van der Waals surface area contributed by atoms with Crippen molar-refractivity contribution >= 4 is 63.3 Å². The number of anilines is 1. The van der Waals surface area contributed by atoms with Crippen LogP contribution in [0.15, 0.2) is 78.0 Å². The Morgan fingerprint density at radius 2 is 1.26 bits per heavy atom. The first-order chi connectivity index (χ1) is 31.8. The van der Waals surface area contributed by atoms with Gasteiger partial charge in [0.05, 0.1) is 39.5 Å². The minimum Gasteiger partial charge on any atom is -0.494 e. The van der Waals surface area contributed by atoms with Gasteiger partial charge in [-0.2, -0.15) is 13.2 Å². The first-order valence-corrected chi connectivity index (χ1v) is 23.5. The molecular weight excluding hydrogens is 902 g/mol. The molecule has 8 rings (SSSR count). The third kappa shape index (κ3) is 15.6. The summed E-state index contributed by atoms with van der Waals surface area (Å²) in [4.78, 5) is 64.9. The molecule has 3 amide bonds. The normalized spacial score (nSPS) is 15.6. The number of rotatable bonds is 13. The van der Waals surface area contributed by atoms with E-state index in [0.717, 1.165) is 121 Å². The number of alkyl halides is 3. The van der Waals surface area contributed by atoms with Crippen LogP contribution in [0.4, 0.5) is 28.4 Å². The number of carboxylic acid groups (broad SMARTS) is 1. The lowest BCUT2D eigenvalue weighted by molar-refractivity contribution is -0.192. The second-order valence-corrected chi connectivity index (χ2v) is 17.9. The van der Waals surface area contributed by atoms with Crippen molar-refractivity contribution in [3.63, 3.8) is 0 Å². The standard InChI is InChI=1S/C22H27N3O4S.C22H25N3O3S.C2HF3O2/c26-21-2-1-10-25(21)18-3-5-19(6-4-18)28-13-9-17-7-11-24(12-8-17)22(27)29-15-20-14-23-16-30-20;1-16-2-3-18-12-19(4-5-21(18)24-16)27-11-8-17-6-9-25(10-7-17)22(26)28-14-20-13-23-15-29-20;3-2(4,5)1(6)7/h3-6,14,16-17H,1-2,7-13,15H2;2-5,12-13,15,17H,6-11,14H2,1H3;(H,6,7). The average molecular weight is 955 g/mol. The number of hydrogen-bond acceptors (Lipinski definition) is 13. The predicted molar refractivity (Wildman–Crippen MR) is 242 cm³/mol. The number of likely N-dealkylation sites (tertiary alicyclic amines) is 2. The maximum atomic E-state index is 12.2. The molecule has 3 aliphatic rings. The van der Waals surface area contributed by atoms with Crippen LogP contribution < -0.4 is 14.4 Å². The number of halogens is 3. The van der Waals surface area contributed by atoms with Gasteiger partial charge in [0.2, 0.25) is 5.91 Å². The number of thiazole rings is 2. The number of aryl methyl sites for hydroxylation is 1. The van der Waals surface area contributed by atoms with E-state index in [1.165, 1.54) is 22.7 Å². The summed E-state index contributed by atoms with van der Waals surface area (Å²) in [5.74, 6) is 0.277. The molecule has 3 fully saturated rings. The largest absolute Gasteiger partial charge is 0.494 e. The molecule has 0 radical (unpaired) electrons. The Bertz CT molecular complexity index is 2300. The van der Waals surface area contributed by atoms with E-state index in [0.29, 0.717) is 44.7 Å². The molecule has 0 saturated carbocycles. The number of amides is 3. The number of aromatic nitrogens is 3. The van der Waals surface area contributed by atoms with Gasteiger partial charge in [0, 0.05) is 68.3 Å². The van der Waals surface area contributed by atoms with Crippen molar-refractivity contribution in [3.05, 3.63) is 93.5 Å². The van der Waals surface area contributed by atoms with E-state index in [1.54, 1.807) is 33.2 Å². The summed E-state index contributed by atoms with van der Waals surface area (Å²) < 4.78 is 54.3. The van der Waals surface area contributed by atoms with Crippen LogP contribution in [0.3, 0.4) is 0 Å². The van der Waals surface area contributed by atoms with Gasteiger partial charge < -0.3 is 38.8 Å². The van der Waals surface area contributed by atoms with Gasteiger partial charge >= 0.3 is 24.3 Å². The highest BCUT2D eigenvalue weighted by atomic mass is 32.1. The van der Waals surface area contributed by atoms with E-state index in [9.17, 15) is 27.6 Å². The number of ether oxygens (including phenoxy) is 4. The zero-order chi connectivity index (χ0) is 46.9. The van der Waals surface area contributed by atoms with Crippen molar-refractivity contribution in [3.8, 4) is 11.5 Å². The highest BCUT2D eigenvalue weighted by molar-refractivity contribution is 7.09. The molecular formula is C46H53F3N6O9S2. The number of pyridine rings is 1. The van der Waals surface area contributed by atoms with Crippen LogP contribution in [-0.2, 0) is 32.3 Å². The second kappa shape index (κ2) is 24.5. The minimum absolute atomic E-state index is 0.197. The molecule has 1 N–H and O–H groups in total. The van der Waals surface area contributed by atoms with Crippen molar-refractivity contribution in [2.75, 3.05) is 50.8 Å².